The smallest absolute Gasteiger partial charge is 0.145 e. The number of hydrogen-bond acceptors (Lipinski definition) is 4. The van der Waals surface area contributed by atoms with E-state index < -0.39 is 6.10 Å². The van der Waals surface area contributed by atoms with Gasteiger partial charge in [-0.1, -0.05) is 44.2 Å². The van der Waals surface area contributed by atoms with Gasteiger partial charge in [-0.25, -0.2) is 0 Å². The first-order valence-corrected chi connectivity index (χ1v) is 9.34. The molecule has 2 aromatic rings. The molecule has 2 aromatic carbocycles. The molecule has 1 unspecified atom stereocenters. The van der Waals surface area contributed by atoms with Crippen LogP contribution in [0.2, 0.25) is 0 Å². The Hall–Kier alpha value is -2.46. The zero-order valence-electron chi connectivity index (χ0n) is 16.6. The Balaban J connectivity index is 1.95. The second-order valence-corrected chi connectivity index (χ2v) is 6.87. The summed E-state index contributed by atoms with van der Waals surface area (Å²) in [5, 5.41) is 10.4. The Morgan fingerprint density at radius 3 is 2.48 bits per heavy atom. The van der Waals surface area contributed by atoms with Crippen molar-refractivity contribution in [2.24, 2.45) is 5.92 Å². The lowest BCUT2D eigenvalue weighted by Crippen LogP contribution is -2.07. The van der Waals surface area contributed by atoms with Crippen molar-refractivity contribution in [3.05, 3.63) is 71.5 Å². The molecule has 4 nitrogen and oxygen atoms in total. The summed E-state index contributed by atoms with van der Waals surface area (Å²) in [4.78, 5) is 0. The lowest BCUT2D eigenvalue weighted by Gasteiger charge is -2.18. The largest absolute Gasteiger partial charge is 0.496 e. The molecule has 146 valence electrons. The minimum Gasteiger partial charge on any atom is -0.496 e. The molecule has 0 aliphatic rings. The van der Waals surface area contributed by atoms with E-state index in [4.69, 9.17) is 14.2 Å². The standard InChI is InChI=1S/C23H30O4/c1-5-19(26-15-18-9-7-6-8-10-18)16-27-20-11-12-21(23(14-20)25-4)22(24)13-17(2)3/h5-12,14,17,22,24H,13,15-16H2,1-4H3/b19-5+. The third-order valence-corrected chi connectivity index (χ3v) is 4.23. The summed E-state index contributed by atoms with van der Waals surface area (Å²) >= 11 is 0. The van der Waals surface area contributed by atoms with Crippen molar-refractivity contribution in [1.29, 1.82) is 0 Å². The molecule has 1 atom stereocenters. The Labute approximate surface area is 162 Å². The van der Waals surface area contributed by atoms with Gasteiger partial charge >= 0.3 is 0 Å². The van der Waals surface area contributed by atoms with Crippen LogP contribution in [0.3, 0.4) is 0 Å². The van der Waals surface area contributed by atoms with Crippen molar-refractivity contribution in [3.63, 3.8) is 0 Å². The summed E-state index contributed by atoms with van der Waals surface area (Å²) in [7, 11) is 1.60. The average molecular weight is 370 g/mol. The zero-order valence-corrected chi connectivity index (χ0v) is 16.6. The Morgan fingerprint density at radius 1 is 1.11 bits per heavy atom. The topological polar surface area (TPSA) is 47.9 Å². The molecular weight excluding hydrogens is 340 g/mol. The van der Waals surface area contributed by atoms with E-state index in [9.17, 15) is 5.11 Å². The van der Waals surface area contributed by atoms with E-state index in [1.807, 2.05) is 61.5 Å². The maximum Gasteiger partial charge on any atom is 0.145 e. The normalized spacial score (nSPS) is 12.7. The molecular formula is C23H30O4. The van der Waals surface area contributed by atoms with Crippen molar-refractivity contribution in [2.45, 2.75) is 39.9 Å². The molecule has 0 spiro atoms. The minimum absolute atomic E-state index is 0.334. The van der Waals surface area contributed by atoms with Gasteiger partial charge in [-0.2, -0.15) is 0 Å². The molecule has 1 N–H and O–H groups in total. The third-order valence-electron chi connectivity index (χ3n) is 4.23. The van der Waals surface area contributed by atoms with Gasteiger partial charge in [0, 0.05) is 11.6 Å². The quantitative estimate of drug-likeness (QED) is 0.579. The molecule has 0 aliphatic carbocycles. The Bertz CT molecular complexity index is 722. The van der Waals surface area contributed by atoms with Crippen LogP contribution in [-0.4, -0.2) is 18.8 Å². The highest BCUT2D eigenvalue weighted by atomic mass is 16.5. The van der Waals surface area contributed by atoms with Gasteiger partial charge in [-0.05, 0) is 43.0 Å². The van der Waals surface area contributed by atoms with Crippen molar-refractivity contribution in [2.75, 3.05) is 13.7 Å². The average Bonchev–Trinajstić information content (AvgIpc) is 2.68. The first kappa shape index (κ1) is 20.8. The van der Waals surface area contributed by atoms with Gasteiger partial charge in [0.05, 0.1) is 13.2 Å². The van der Waals surface area contributed by atoms with E-state index in [2.05, 4.69) is 13.8 Å². The van der Waals surface area contributed by atoms with Crippen molar-refractivity contribution in [1.82, 2.24) is 0 Å². The van der Waals surface area contributed by atoms with Crippen LogP contribution < -0.4 is 9.47 Å². The van der Waals surface area contributed by atoms with Gasteiger partial charge < -0.3 is 19.3 Å². The summed E-state index contributed by atoms with van der Waals surface area (Å²) in [6.07, 6.45) is 2.04. The number of benzene rings is 2. The third kappa shape index (κ3) is 6.65. The highest BCUT2D eigenvalue weighted by Crippen LogP contribution is 2.32. The highest BCUT2D eigenvalue weighted by molar-refractivity contribution is 5.42. The summed E-state index contributed by atoms with van der Waals surface area (Å²) in [6.45, 7) is 6.94. The fourth-order valence-electron chi connectivity index (χ4n) is 2.74. The van der Waals surface area contributed by atoms with E-state index >= 15 is 0 Å². The summed E-state index contributed by atoms with van der Waals surface area (Å²) in [5.74, 6) is 2.48. The van der Waals surface area contributed by atoms with Gasteiger partial charge in [-0.3, -0.25) is 0 Å². The number of allylic oxidation sites excluding steroid dienone is 1. The fraction of sp³-hybridized carbons (Fsp3) is 0.391. The predicted molar refractivity (Wildman–Crippen MR) is 108 cm³/mol. The Morgan fingerprint density at radius 2 is 1.85 bits per heavy atom. The highest BCUT2D eigenvalue weighted by Gasteiger charge is 2.16. The molecule has 0 aromatic heterocycles. The molecule has 2 rings (SSSR count). The molecule has 0 saturated heterocycles. The monoisotopic (exact) mass is 370 g/mol. The van der Waals surface area contributed by atoms with Crippen LogP contribution in [0.5, 0.6) is 11.5 Å². The first-order chi connectivity index (χ1) is 13.0. The molecule has 0 radical (unpaired) electrons. The fourth-order valence-corrected chi connectivity index (χ4v) is 2.74. The number of hydrogen-bond donors (Lipinski definition) is 1. The molecule has 4 heteroatoms. The predicted octanol–water partition coefficient (Wildman–Crippen LogP) is 5.27. The van der Waals surface area contributed by atoms with Gasteiger partial charge in [0.1, 0.15) is 30.5 Å². The summed E-state index contributed by atoms with van der Waals surface area (Å²) in [5.41, 5.74) is 1.90. The number of aliphatic hydroxyl groups is 1. The van der Waals surface area contributed by atoms with E-state index in [1.165, 1.54) is 0 Å². The molecule has 0 amide bonds. The van der Waals surface area contributed by atoms with Crippen LogP contribution in [-0.2, 0) is 11.3 Å². The summed E-state index contributed by atoms with van der Waals surface area (Å²) < 4.78 is 17.1. The number of rotatable bonds is 10. The van der Waals surface area contributed by atoms with Crippen molar-refractivity contribution >= 4 is 0 Å². The maximum absolute atomic E-state index is 10.4. The second kappa shape index (κ2) is 10.6. The molecule has 0 bridgehead atoms. The van der Waals surface area contributed by atoms with Crippen LogP contribution in [0.1, 0.15) is 44.4 Å². The zero-order chi connectivity index (χ0) is 19.6. The first-order valence-electron chi connectivity index (χ1n) is 9.34. The van der Waals surface area contributed by atoms with Gasteiger partial charge in [-0.15, -0.1) is 0 Å². The SMILES string of the molecule is C/C=C(\COc1ccc(C(O)CC(C)C)c(OC)c1)OCc1ccccc1. The summed E-state index contributed by atoms with van der Waals surface area (Å²) in [6, 6.07) is 15.5. The lowest BCUT2D eigenvalue weighted by atomic mass is 9.99. The Kier molecular flexibility index (Phi) is 8.21. The van der Waals surface area contributed by atoms with E-state index in [0.717, 1.165) is 16.9 Å². The van der Waals surface area contributed by atoms with E-state index in [-0.39, 0.29) is 0 Å². The van der Waals surface area contributed by atoms with E-state index in [1.54, 1.807) is 7.11 Å². The molecule has 27 heavy (non-hydrogen) atoms. The van der Waals surface area contributed by atoms with Gasteiger partial charge in [0.15, 0.2) is 0 Å². The molecule has 0 aliphatic heterocycles. The minimum atomic E-state index is -0.547. The number of aliphatic hydroxyl groups excluding tert-OH is 1. The van der Waals surface area contributed by atoms with Crippen molar-refractivity contribution < 1.29 is 19.3 Å². The van der Waals surface area contributed by atoms with Gasteiger partial charge in [0.25, 0.3) is 0 Å². The maximum atomic E-state index is 10.4. The van der Waals surface area contributed by atoms with Crippen LogP contribution >= 0.6 is 0 Å². The van der Waals surface area contributed by atoms with Crippen molar-refractivity contribution in [3.8, 4) is 11.5 Å². The van der Waals surface area contributed by atoms with Crippen LogP contribution in [0.15, 0.2) is 60.4 Å². The molecule has 0 fully saturated rings. The number of ether oxygens (including phenoxy) is 3. The second-order valence-electron chi connectivity index (χ2n) is 6.87. The van der Waals surface area contributed by atoms with Gasteiger partial charge in [0.2, 0.25) is 0 Å². The van der Waals surface area contributed by atoms with Crippen LogP contribution in [0.25, 0.3) is 0 Å². The lowest BCUT2D eigenvalue weighted by molar-refractivity contribution is 0.146. The molecule has 0 saturated carbocycles. The molecule has 0 heterocycles. The van der Waals surface area contributed by atoms with E-state index in [0.29, 0.717) is 37.1 Å². The van der Waals surface area contributed by atoms with Crippen LogP contribution in [0.4, 0.5) is 0 Å². The number of methoxy groups -OCH3 is 1. The van der Waals surface area contributed by atoms with Crippen LogP contribution in [0, 0.1) is 5.92 Å².